The van der Waals surface area contributed by atoms with Crippen LogP contribution in [0.25, 0.3) is 5.69 Å². The lowest BCUT2D eigenvalue weighted by molar-refractivity contribution is 0.0176. The van der Waals surface area contributed by atoms with Crippen LogP contribution in [0.1, 0.15) is 30.7 Å². The van der Waals surface area contributed by atoms with Gasteiger partial charge < -0.3 is 4.74 Å². The predicted octanol–water partition coefficient (Wildman–Crippen LogP) is 3.96. The molecule has 0 atom stereocenters. The highest BCUT2D eigenvalue weighted by molar-refractivity contribution is 6.31. The minimum absolute atomic E-state index is 0.00222. The molecule has 26 heavy (non-hydrogen) atoms. The van der Waals surface area contributed by atoms with Crippen molar-refractivity contribution in [2.45, 2.75) is 32.8 Å². The molecule has 2 aromatic heterocycles. The Bertz CT molecular complexity index is 893. The highest BCUT2D eigenvalue weighted by Crippen LogP contribution is 2.34. The normalized spacial score (nSPS) is 11.6. The molecule has 6 nitrogen and oxygen atoms in total. The molecule has 0 bridgehead atoms. The third-order valence-corrected chi connectivity index (χ3v) is 4.00. The lowest BCUT2D eigenvalue weighted by Crippen LogP contribution is -2.09. The van der Waals surface area contributed by atoms with E-state index in [1.54, 1.807) is 24.7 Å². The molecule has 0 radical (unpaired) electrons. The van der Waals surface area contributed by atoms with Gasteiger partial charge in [-0.2, -0.15) is 0 Å². The van der Waals surface area contributed by atoms with Crippen molar-refractivity contribution < 1.29 is 13.5 Å². The Hall–Kier alpha value is -2.61. The standard InChI is InChI=1S/C17H16ClF2N5O/c1-3-11-7-21-16(22-8-11)26-10-12-9-25(24-23-12)13-4-5-15(18)14(6-13)17(2,19)20/h4-9H,3,10H2,1-2H3. The molecule has 0 fully saturated rings. The summed E-state index contributed by atoms with van der Waals surface area (Å²) in [5.41, 5.74) is 1.67. The van der Waals surface area contributed by atoms with Gasteiger partial charge in [-0.15, -0.1) is 5.10 Å². The van der Waals surface area contributed by atoms with Crippen molar-refractivity contribution in [1.29, 1.82) is 0 Å². The second kappa shape index (κ2) is 7.33. The third-order valence-electron chi connectivity index (χ3n) is 3.67. The molecule has 0 amide bonds. The van der Waals surface area contributed by atoms with Gasteiger partial charge in [-0.25, -0.2) is 23.4 Å². The van der Waals surface area contributed by atoms with Gasteiger partial charge in [0.15, 0.2) is 0 Å². The van der Waals surface area contributed by atoms with E-state index in [0.29, 0.717) is 11.4 Å². The van der Waals surface area contributed by atoms with Crippen molar-refractivity contribution in [3.8, 4) is 11.7 Å². The van der Waals surface area contributed by atoms with Gasteiger partial charge in [0.2, 0.25) is 0 Å². The highest BCUT2D eigenvalue weighted by atomic mass is 35.5. The van der Waals surface area contributed by atoms with Crippen molar-refractivity contribution in [1.82, 2.24) is 25.0 Å². The van der Waals surface area contributed by atoms with Gasteiger partial charge in [0.05, 0.1) is 11.9 Å². The van der Waals surface area contributed by atoms with Gasteiger partial charge in [0.25, 0.3) is 5.92 Å². The number of hydrogen-bond donors (Lipinski definition) is 0. The Morgan fingerprint density at radius 1 is 1.23 bits per heavy atom. The summed E-state index contributed by atoms with van der Waals surface area (Å²) in [4.78, 5) is 8.18. The van der Waals surface area contributed by atoms with Gasteiger partial charge in [-0.05, 0) is 30.2 Å². The molecular weight excluding hydrogens is 364 g/mol. The molecular formula is C17H16ClF2N5O. The van der Waals surface area contributed by atoms with E-state index in [9.17, 15) is 8.78 Å². The summed E-state index contributed by atoms with van der Waals surface area (Å²) in [6, 6.07) is 4.51. The Morgan fingerprint density at radius 2 is 1.96 bits per heavy atom. The van der Waals surface area contributed by atoms with E-state index < -0.39 is 5.92 Å². The summed E-state index contributed by atoms with van der Waals surface area (Å²) >= 11 is 5.85. The molecule has 0 saturated carbocycles. The molecule has 0 spiro atoms. The largest absolute Gasteiger partial charge is 0.457 e. The Kier molecular flexibility index (Phi) is 5.13. The zero-order valence-electron chi connectivity index (χ0n) is 14.2. The summed E-state index contributed by atoms with van der Waals surface area (Å²) in [6.45, 7) is 2.91. The van der Waals surface area contributed by atoms with Gasteiger partial charge in [-0.1, -0.05) is 23.7 Å². The van der Waals surface area contributed by atoms with E-state index in [1.807, 2.05) is 6.92 Å². The summed E-state index contributed by atoms with van der Waals surface area (Å²) in [5.74, 6) is -3.05. The molecule has 1 aromatic carbocycles. The first-order valence-electron chi connectivity index (χ1n) is 7.90. The van der Waals surface area contributed by atoms with Crippen molar-refractivity contribution in [3.63, 3.8) is 0 Å². The highest BCUT2D eigenvalue weighted by Gasteiger charge is 2.27. The van der Waals surface area contributed by atoms with E-state index in [0.717, 1.165) is 18.9 Å². The average Bonchev–Trinajstić information content (AvgIpc) is 3.09. The minimum atomic E-state index is -3.05. The maximum absolute atomic E-state index is 13.6. The van der Waals surface area contributed by atoms with Gasteiger partial charge in [-0.3, -0.25) is 0 Å². The summed E-state index contributed by atoms with van der Waals surface area (Å²) in [7, 11) is 0. The molecule has 0 N–H and O–H groups in total. The number of rotatable bonds is 6. The minimum Gasteiger partial charge on any atom is -0.457 e. The molecule has 136 valence electrons. The lowest BCUT2D eigenvalue weighted by atomic mass is 10.1. The number of halogens is 3. The van der Waals surface area contributed by atoms with Crippen LogP contribution in [0.2, 0.25) is 5.02 Å². The first kappa shape index (κ1) is 18.2. The Morgan fingerprint density at radius 3 is 2.62 bits per heavy atom. The van der Waals surface area contributed by atoms with Crippen LogP contribution in [0.15, 0.2) is 36.8 Å². The van der Waals surface area contributed by atoms with E-state index in [4.69, 9.17) is 16.3 Å². The van der Waals surface area contributed by atoms with Crippen LogP contribution in [0, 0.1) is 0 Å². The molecule has 0 aliphatic rings. The number of nitrogens with zero attached hydrogens (tertiary/aromatic N) is 5. The predicted molar refractivity (Wildman–Crippen MR) is 91.7 cm³/mol. The summed E-state index contributed by atoms with van der Waals surface area (Å²) in [5, 5.41) is 7.90. The molecule has 9 heteroatoms. The molecule has 3 rings (SSSR count). The van der Waals surface area contributed by atoms with Crippen LogP contribution < -0.4 is 4.74 Å². The molecule has 0 unspecified atom stereocenters. The maximum atomic E-state index is 13.6. The van der Waals surface area contributed by atoms with Crippen molar-refractivity contribution in [2.75, 3.05) is 0 Å². The average molecular weight is 380 g/mol. The number of aromatic nitrogens is 5. The van der Waals surface area contributed by atoms with Crippen LogP contribution in [0.4, 0.5) is 8.78 Å². The first-order chi connectivity index (χ1) is 12.4. The fourth-order valence-electron chi connectivity index (χ4n) is 2.22. The quantitative estimate of drug-likeness (QED) is 0.648. The summed E-state index contributed by atoms with van der Waals surface area (Å²) in [6.07, 6.45) is 5.81. The number of hydrogen-bond acceptors (Lipinski definition) is 5. The Labute approximate surface area is 153 Å². The van der Waals surface area contributed by atoms with Crippen LogP contribution in [-0.4, -0.2) is 25.0 Å². The monoisotopic (exact) mass is 379 g/mol. The van der Waals surface area contributed by atoms with Gasteiger partial charge in [0.1, 0.15) is 12.3 Å². The zero-order valence-corrected chi connectivity index (χ0v) is 14.9. The lowest BCUT2D eigenvalue weighted by Gasteiger charge is -2.13. The number of alkyl halides is 2. The SMILES string of the molecule is CCc1cnc(OCc2cn(-c3ccc(Cl)c(C(C)(F)F)c3)nn2)nc1. The van der Waals surface area contributed by atoms with Crippen molar-refractivity contribution in [3.05, 3.63) is 58.6 Å². The second-order valence-corrected chi connectivity index (χ2v) is 6.13. The van der Waals surface area contributed by atoms with E-state index in [-0.39, 0.29) is 23.2 Å². The molecule has 0 aliphatic carbocycles. The fourth-order valence-corrected chi connectivity index (χ4v) is 2.50. The molecule has 3 aromatic rings. The van der Waals surface area contributed by atoms with Gasteiger partial charge in [0, 0.05) is 29.9 Å². The second-order valence-electron chi connectivity index (χ2n) is 5.72. The fraction of sp³-hybridized carbons (Fsp3) is 0.294. The van der Waals surface area contributed by atoms with E-state index >= 15 is 0 Å². The van der Waals surface area contributed by atoms with Crippen LogP contribution >= 0.6 is 11.6 Å². The van der Waals surface area contributed by atoms with Crippen LogP contribution in [0.3, 0.4) is 0 Å². The zero-order chi connectivity index (χ0) is 18.7. The van der Waals surface area contributed by atoms with Gasteiger partial charge >= 0.3 is 6.01 Å². The van der Waals surface area contributed by atoms with Crippen molar-refractivity contribution >= 4 is 11.6 Å². The molecule has 0 saturated heterocycles. The van der Waals surface area contributed by atoms with E-state index in [2.05, 4.69) is 20.3 Å². The number of benzene rings is 1. The van der Waals surface area contributed by atoms with Crippen LogP contribution in [0.5, 0.6) is 6.01 Å². The molecule has 2 heterocycles. The Balaban J connectivity index is 1.73. The number of ether oxygens (including phenoxy) is 1. The third kappa shape index (κ3) is 4.13. The van der Waals surface area contributed by atoms with Crippen LogP contribution in [-0.2, 0) is 19.0 Å². The maximum Gasteiger partial charge on any atom is 0.316 e. The van der Waals surface area contributed by atoms with E-state index in [1.165, 1.54) is 16.8 Å². The summed E-state index contributed by atoms with van der Waals surface area (Å²) < 4.78 is 34.1. The number of aryl methyl sites for hydroxylation is 1. The molecule has 0 aliphatic heterocycles. The first-order valence-corrected chi connectivity index (χ1v) is 8.28. The smallest absolute Gasteiger partial charge is 0.316 e. The topological polar surface area (TPSA) is 65.7 Å². The van der Waals surface area contributed by atoms with Crippen molar-refractivity contribution in [2.24, 2.45) is 0 Å².